The number of nitrogens with one attached hydrogen (secondary N) is 2. The number of aromatic nitrogens is 2. The highest BCUT2D eigenvalue weighted by atomic mass is 16.5. The molecule has 0 bridgehead atoms. The number of nitrogens with zero attached hydrogens (tertiary/aromatic N) is 2. The summed E-state index contributed by atoms with van der Waals surface area (Å²) in [7, 11) is 0. The molecule has 2 N–H and O–H groups in total. The molecule has 0 saturated heterocycles. The molecule has 7 heteroatoms. The van der Waals surface area contributed by atoms with E-state index in [1.54, 1.807) is 13.8 Å². The number of amides is 1. The lowest BCUT2D eigenvalue weighted by Gasteiger charge is -2.24. The van der Waals surface area contributed by atoms with Gasteiger partial charge in [0.2, 0.25) is 5.89 Å². The summed E-state index contributed by atoms with van der Waals surface area (Å²) in [6, 6.07) is 5.38. The van der Waals surface area contributed by atoms with Crippen molar-refractivity contribution in [1.82, 2.24) is 10.1 Å². The minimum Gasteiger partial charge on any atom is -0.479 e. The van der Waals surface area contributed by atoms with Crippen molar-refractivity contribution >= 4 is 17.3 Å². The summed E-state index contributed by atoms with van der Waals surface area (Å²) in [4.78, 5) is 15.8. The van der Waals surface area contributed by atoms with Crippen LogP contribution in [0.15, 0.2) is 22.7 Å². The number of aryl methyl sites for hydroxylation is 1. The molecule has 0 radical (unpaired) electrons. The molecular formula is C14H16N4O3. The van der Waals surface area contributed by atoms with E-state index in [4.69, 9.17) is 9.26 Å². The Bertz CT molecular complexity index is 683. The van der Waals surface area contributed by atoms with Gasteiger partial charge in [0.25, 0.3) is 5.91 Å². The van der Waals surface area contributed by atoms with Crippen molar-refractivity contribution in [3.05, 3.63) is 29.9 Å². The summed E-state index contributed by atoms with van der Waals surface area (Å²) in [5.41, 5.74) is 1.48. The smallest absolute Gasteiger partial charge is 0.265 e. The van der Waals surface area contributed by atoms with Gasteiger partial charge in [-0.15, -0.1) is 0 Å². The Balaban J connectivity index is 1.78. The predicted molar refractivity (Wildman–Crippen MR) is 76.2 cm³/mol. The van der Waals surface area contributed by atoms with E-state index < -0.39 is 6.10 Å². The number of carbonyl (C=O) groups excluding carboxylic acids is 1. The van der Waals surface area contributed by atoms with Gasteiger partial charge in [-0.1, -0.05) is 5.16 Å². The Kier molecular flexibility index (Phi) is 3.25. The minimum atomic E-state index is -0.475. The number of fused-ring (bicyclic) bond motifs is 1. The van der Waals surface area contributed by atoms with E-state index in [9.17, 15) is 4.79 Å². The molecule has 0 saturated carbocycles. The SMILES string of the molecule is Cc1noc([C@@H](C)Nc2ccc3c(c2)NC(=O)[C@@H](C)O3)n1. The fourth-order valence-electron chi connectivity index (χ4n) is 2.10. The Morgan fingerprint density at radius 3 is 2.95 bits per heavy atom. The van der Waals surface area contributed by atoms with Crippen LogP contribution in [0.1, 0.15) is 31.6 Å². The highest BCUT2D eigenvalue weighted by Crippen LogP contribution is 2.33. The van der Waals surface area contributed by atoms with Crippen molar-refractivity contribution in [3.8, 4) is 5.75 Å². The summed E-state index contributed by atoms with van der Waals surface area (Å²) in [6.07, 6.45) is -0.475. The molecule has 1 aliphatic heterocycles. The minimum absolute atomic E-state index is 0.136. The zero-order valence-electron chi connectivity index (χ0n) is 12.0. The van der Waals surface area contributed by atoms with E-state index in [1.807, 2.05) is 25.1 Å². The molecule has 0 aliphatic carbocycles. The summed E-state index contributed by atoms with van der Waals surface area (Å²) >= 11 is 0. The normalized spacial score (nSPS) is 18.4. The lowest BCUT2D eigenvalue weighted by Crippen LogP contribution is -2.34. The van der Waals surface area contributed by atoms with Gasteiger partial charge in [-0.05, 0) is 39.0 Å². The average molecular weight is 288 g/mol. The third-order valence-electron chi connectivity index (χ3n) is 3.21. The van der Waals surface area contributed by atoms with Crippen LogP contribution in [0.2, 0.25) is 0 Å². The van der Waals surface area contributed by atoms with E-state index in [1.165, 1.54) is 0 Å². The highest BCUT2D eigenvalue weighted by Gasteiger charge is 2.23. The van der Waals surface area contributed by atoms with Gasteiger partial charge in [0.15, 0.2) is 11.9 Å². The first-order valence-electron chi connectivity index (χ1n) is 6.71. The fraction of sp³-hybridized carbons (Fsp3) is 0.357. The number of hydrogen-bond acceptors (Lipinski definition) is 6. The zero-order valence-corrected chi connectivity index (χ0v) is 12.0. The molecule has 3 rings (SSSR count). The van der Waals surface area contributed by atoms with Gasteiger partial charge >= 0.3 is 0 Å². The first-order valence-corrected chi connectivity index (χ1v) is 6.71. The fourth-order valence-corrected chi connectivity index (χ4v) is 2.10. The van der Waals surface area contributed by atoms with Gasteiger partial charge in [-0.25, -0.2) is 0 Å². The lowest BCUT2D eigenvalue weighted by molar-refractivity contribution is -0.122. The molecule has 0 spiro atoms. The van der Waals surface area contributed by atoms with E-state index in [-0.39, 0.29) is 11.9 Å². The Morgan fingerprint density at radius 1 is 1.43 bits per heavy atom. The first kappa shape index (κ1) is 13.4. The van der Waals surface area contributed by atoms with Crippen LogP contribution in [0.3, 0.4) is 0 Å². The van der Waals surface area contributed by atoms with Crippen molar-refractivity contribution in [2.24, 2.45) is 0 Å². The zero-order chi connectivity index (χ0) is 15.0. The van der Waals surface area contributed by atoms with Gasteiger partial charge < -0.3 is 19.9 Å². The average Bonchev–Trinajstić information content (AvgIpc) is 2.87. The molecule has 21 heavy (non-hydrogen) atoms. The van der Waals surface area contributed by atoms with Crippen molar-refractivity contribution in [1.29, 1.82) is 0 Å². The number of carbonyl (C=O) groups is 1. The largest absolute Gasteiger partial charge is 0.479 e. The summed E-state index contributed by atoms with van der Waals surface area (Å²) in [5, 5.41) is 9.82. The number of benzene rings is 1. The standard InChI is InChI=1S/C14H16N4O3/c1-7(14-16-9(3)18-21-14)15-10-4-5-12-11(6-10)17-13(19)8(2)20-12/h4-8,15H,1-3H3,(H,17,19)/t7-,8-/m1/s1. The molecule has 1 amide bonds. The molecule has 1 aromatic heterocycles. The molecule has 0 unspecified atom stereocenters. The van der Waals surface area contributed by atoms with Crippen molar-refractivity contribution in [2.75, 3.05) is 10.6 Å². The van der Waals surface area contributed by atoms with Crippen LogP contribution in [-0.4, -0.2) is 22.2 Å². The van der Waals surface area contributed by atoms with Gasteiger partial charge in [-0.2, -0.15) is 4.98 Å². The number of hydrogen-bond donors (Lipinski definition) is 2. The number of ether oxygens (including phenoxy) is 1. The quantitative estimate of drug-likeness (QED) is 0.900. The third kappa shape index (κ3) is 2.67. The van der Waals surface area contributed by atoms with Gasteiger partial charge in [-0.3, -0.25) is 4.79 Å². The van der Waals surface area contributed by atoms with Gasteiger partial charge in [0, 0.05) is 5.69 Å². The first-order chi connectivity index (χ1) is 10.0. The van der Waals surface area contributed by atoms with E-state index in [0.29, 0.717) is 23.2 Å². The van der Waals surface area contributed by atoms with Gasteiger partial charge in [0.05, 0.1) is 5.69 Å². The second kappa shape index (κ2) is 5.08. The summed E-state index contributed by atoms with van der Waals surface area (Å²) in [6.45, 7) is 5.40. The Morgan fingerprint density at radius 2 is 2.24 bits per heavy atom. The van der Waals surface area contributed by atoms with E-state index in [2.05, 4.69) is 20.8 Å². The number of rotatable bonds is 3. The highest BCUT2D eigenvalue weighted by molar-refractivity contribution is 5.98. The van der Waals surface area contributed by atoms with Crippen molar-refractivity contribution in [3.63, 3.8) is 0 Å². The molecular weight excluding hydrogens is 272 g/mol. The monoisotopic (exact) mass is 288 g/mol. The summed E-state index contributed by atoms with van der Waals surface area (Å²) < 4.78 is 10.6. The molecule has 110 valence electrons. The van der Waals surface area contributed by atoms with Crippen LogP contribution >= 0.6 is 0 Å². The summed E-state index contributed by atoms with van der Waals surface area (Å²) in [5.74, 6) is 1.62. The molecule has 0 fully saturated rings. The van der Waals surface area contributed by atoms with Crippen LogP contribution in [0.4, 0.5) is 11.4 Å². The van der Waals surface area contributed by atoms with Crippen LogP contribution < -0.4 is 15.4 Å². The molecule has 2 aromatic rings. The second-order valence-corrected chi connectivity index (χ2v) is 5.01. The maximum atomic E-state index is 11.6. The van der Waals surface area contributed by atoms with Crippen molar-refractivity contribution < 1.29 is 14.1 Å². The Labute approximate surface area is 121 Å². The Hall–Kier alpha value is -2.57. The predicted octanol–water partition coefficient (Wildman–Crippen LogP) is 2.27. The number of anilines is 2. The van der Waals surface area contributed by atoms with Crippen LogP contribution in [-0.2, 0) is 4.79 Å². The maximum absolute atomic E-state index is 11.6. The molecule has 1 aromatic carbocycles. The lowest BCUT2D eigenvalue weighted by atomic mass is 10.2. The molecule has 2 atom stereocenters. The molecule has 1 aliphatic rings. The third-order valence-corrected chi connectivity index (χ3v) is 3.21. The second-order valence-electron chi connectivity index (χ2n) is 5.01. The molecule has 7 nitrogen and oxygen atoms in total. The molecule has 2 heterocycles. The van der Waals surface area contributed by atoms with Crippen LogP contribution in [0.5, 0.6) is 5.75 Å². The van der Waals surface area contributed by atoms with Crippen LogP contribution in [0, 0.1) is 6.92 Å². The maximum Gasteiger partial charge on any atom is 0.265 e. The van der Waals surface area contributed by atoms with Crippen molar-refractivity contribution in [2.45, 2.75) is 32.9 Å². The topological polar surface area (TPSA) is 89.3 Å². The van der Waals surface area contributed by atoms with Crippen LogP contribution in [0.25, 0.3) is 0 Å². The van der Waals surface area contributed by atoms with E-state index >= 15 is 0 Å². The van der Waals surface area contributed by atoms with E-state index in [0.717, 1.165) is 5.69 Å². The van der Waals surface area contributed by atoms with Gasteiger partial charge in [0.1, 0.15) is 11.8 Å².